The molecule has 0 aromatic heterocycles. The highest BCUT2D eigenvalue weighted by atomic mass is 19.4. The topological polar surface area (TPSA) is 75.3 Å². The SMILES string of the molecule is CC(C)C(NC(=O)C(Cc1ccccc1)NC(=O)CC(c1ccccc1)c1ccccc1)C(=O)C(F)(F)F. The van der Waals surface area contributed by atoms with E-state index in [9.17, 15) is 27.6 Å². The molecule has 0 aliphatic rings. The number of carbonyl (C=O) groups excluding carboxylic acids is 3. The van der Waals surface area contributed by atoms with Gasteiger partial charge in [-0.25, -0.2) is 0 Å². The summed E-state index contributed by atoms with van der Waals surface area (Å²) in [7, 11) is 0. The minimum absolute atomic E-state index is 0.0156. The smallest absolute Gasteiger partial charge is 0.344 e. The quantitative estimate of drug-likeness (QED) is 0.362. The Hall–Kier alpha value is -3.94. The molecule has 2 unspecified atom stereocenters. The van der Waals surface area contributed by atoms with E-state index >= 15 is 0 Å². The molecule has 0 fully saturated rings. The van der Waals surface area contributed by atoms with Crippen molar-refractivity contribution in [1.82, 2.24) is 10.6 Å². The van der Waals surface area contributed by atoms with E-state index in [1.165, 1.54) is 13.8 Å². The molecule has 0 aliphatic carbocycles. The fourth-order valence-electron chi connectivity index (χ4n) is 4.26. The number of benzene rings is 3. The highest BCUT2D eigenvalue weighted by molar-refractivity contribution is 5.95. The second kappa shape index (κ2) is 13.0. The molecule has 3 rings (SSSR count). The average molecular weight is 525 g/mol. The van der Waals surface area contributed by atoms with Crippen LogP contribution in [-0.2, 0) is 20.8 Å². The van der Waals surface area contributed by atoms with Gasteiger partial charge in [-0.05, 0) is 22.6 Å². The molecule has 2 N–H and O–H groups in total. The van der Waals surface area contributed by atoms with Crippen molar-refractivity contribution in [3.8, 4) is 0 Å². The maximum absolute atomic E-state index is 13.3. The summed E-state index contributed by atoms with van der Waals surface area (Å²) in [6.07, 6.45) is -5.04. The lowest BCUT2D eigenvalue weighted by molar-refractivity contribution is -0.175. The third kappa shape index (κ3) is 8.03. The van der Waals surface area contributed by atoms with Gasteiger partial charge in [0.1, 0.15) is 6.04 Å². The molecule has 0 saturated carbocycles. The van der Waals surface area contributed by atoms with Crippen molar-refractivity contribution < 1.29 is 27.6 Å². The summed E-state index contributed by atoms with van der Waals surface area (Å²) in [5.41, 5.74) is 2.53. The van der Waals surface area contributed by atoms with Gasteiger partial charge in [0.15, 0.2) is 0 Å². The second-order valence-electron chi connectivity index (χ2n) is 9.48. The maximum atomic E-state index is 13.3. The highest BCUT2D eigenvalue weighted by Crippen LogP contribution is 2.28. The van der Waals surface area contributed by atoms with Gasteiger partial charge in [-0.2, -0.15) is 13.2 Å². The van der Waals surface area contributed by atoms with Crippen LogP contribution in [-0.4, -0.2) is 35.9 Å². The van der Waals surface area contributed by atoms with Gasteiger partial charge in [0.05, 0.1) is 6.04 Å². The number of halogens is 3. The fourth-order valence-corrected chi connectivity index (χ4v) is 4.26. The average Bonchev–Trinajstić information content (AvgIpc) is 2.90. The third-order valence-electron chi connectivity index (χ3n) is 6.25. The summed E-state index contributed by atoms with van der Waals surface area (Å²) < 4.78 is 39.5. The second-order valence-corrected chi connectivity index (χ2v) is 9.48. The van der Waals surface area contributed by atoms with Crippen LogP contribution in [0.4, 0.5) is 13.2 Å². The summed E-state index contributed by atoms with van der Waals surface area (Å²) in [5, 5.41) is 4.96. The molecule has 3 aromatic rings. The first kappa shape index (κ1) is 28.6. The number of hydrogen-bond acceptors (Lipinski definition) is 3. The number of rotatable bonds is 11. The molecule has 38 heavy (non-hydrogen) atoms. The molecule has 0 bridgehead atoms. The molecule has 0 aliphatic heterocycles. The zero-order valence-corrected chi connectivity index (χ0v) is 21.2. The molecular formula is C30H31F3N2O3. The van der Waals surface area contributed by atoms with E-state index in [0.717, 1.165) is 11.1 Å². The molecule has 8 heteroatoms. The zero-order valence-electron chi connectivity index (χ0n) is 21.2. The molecule has 200 valence electrons. The third-order valence-corrected chi connectivity index (χ3v) is 6.25. The van der Waals surface area contributed by atoms with Crippen LogP contribution in [0.1, 0.15) is 42.9 Å². The summed E-state index contributed by atoms with van der Waals surface area (Å²) in [4.78, 5) is 38.5. The molecule has 0 spiro atoms. The van der Waals surface area contributed by atoms with E-state index in [1.807, 2.05) is 60.7 Å². The number of amides is 2. The van der Waals surface area contributed by atoms with E-state index < -0.39 is 41.8 Å². The van der Waals surface area contributed by atoms with Gasteiger partial charge in [-0.3, -0.25) is 14.4 Å². The minimum atomic E-state index is -5.10. The predicted octanol–water partition coefficient (Wildman–Crippen LogP) is 5.21. The number of Topliss-reactive ketones (excluding diaryl/α,β-unsaturated/α-hetero) is 1. The number of alkyl halides is 3. The van der Waals surface area contributed by atoms with Crippen molar-refractivity contribution in [3.63, 3.8) is 0 Å². The van der Waals surface area contributed by atoms with Crippen molar-refractivity contribution >= 4 is 17.6 Å². The van der Waals surface area contributed by atoms with Crippen LogP contribution >= 0.6 is 0 Å². The van der Waals surface area contributed by atoms with Crippen LogP contribution in [0, 0.1) is 5.92 Å². The Bertz CT molecular complexity index is 1160. The van der Waals surface area contributed by atoms with Gasteiger partial charge in [0, 0.05) is 18.8 Å². The zero-order chi connectivity index (χ0) is 27.7. The standard InChI is InChI=1S/C30H31F3N2O3/c1-20(2)27(28(37)30(31,32)33)35-29(38)25(18-21-12-6-3-7-13-21)34-26(36)19-24(22-14-8-4-9-15-22)23-16-10-5-11-17-23/h3-17,20,24-25,27H,18-19H2,1-2H3,(H,34,36)(H,35,38). The van der Waals surface area contributed by atoms with Crippen LogP contribution in [0.3, 0.4) is 0 Å². The number of carbonyl (C=O) groups is 3. The van der Waals surface area contributed by atoms with Crippen molar-refractivity contribution in [2.24, 2.45) is 5.92 Å². The lowest BCUT2D eigenvalue weighted by Gasteiger charge is -2.26. The Balaban J connectivity index is 1.84. The molecule has 0 saturated heterocycles. The molecule has 2 amide bonds. The fraction of sp³-hybridized carbons (Fsp3) is 0.300. The Morgan fingerprint density at radius 1 is 0.737 bits per heavy atom. The summed E-state index contributed by atoms with van der Waals surface area (Å²) in [5.74, 6) is -4.43. The van der Waals surface area contributed by atoms with Crippen molar-refractivity contribution in [2.45, 2.75) is 50.9 Å². The van der Waals surface area contributed by atoms with E-state index in [-0.39, 0.29) is 18.8 Å². The molecular weight excluding hydrogens is 493 g/mol. The van der Waals surface area contributed by atoms with Gasteiger partial charge in [0.25, 0.3) is 5.78 Å². The number of ketones is 1. The molecule has 3 aromatic carbocycles. The van der Waals surface area contributed by atoms with Gasteiger partial charge < -0.3 is 10.6 Å². The number of nitrogens with one attached hydrogen (secondary N) is 2. The van der Waals surface area contributed by atoms with Crippen molar-refractivity contribution in [1.29, 1.82) is 0 Å². The molecule has 0 heterocycles. The van der Waals surface area contributed by atoms with Crippen LogP contribution in [0.15, 0.2) is 91.0 Å². The van der Waals surface area contributed by atoms with Crippen molar-refractivity contribution in [3.05, 3.63) is 108 Å². The largest absolute Gasteiger partial charge is 0.452 e. The Morgan fingerprint density at radius 3 is 1.66 bits per heavy atom. The van der Waals surface area contributed by atoms with Gasteiger partial charge in [0.2, 0.25) is 11.8 Å². The van der Waals surface area contributed by atoms with Crippen molar-refractivity contribution in [2.75, 3.05) is 0 Å². The predicted molar refractivity (Wildman–Crippen MR) is 139 cm³/mol. The van der Waals surface area contributed by atoms with Gasteiger partial charge in [-0.15, -0.1) is 0 Å². The molecule has 5 nitrogen and oxygen atoms in total. The van der Waals surface area contributed by atoms with E-state index in [1.54, 1.807) is 30.3 Å². The molecule has 2 atom stereocenters. The highest BCUT2D eigenvalue weighted by Gasteiger charge is 2.45. The monoisotopic (exact) mass is 524 g/mol. The first-order chi connectivity index (χ1) is 18.1. The normalized spacial score (nSPS) is 13.1. The lowest BCUT2D eigenvalue weighted by Crippen LogP contribution is -2.56. The maximum Gasteiger partial charge on any atom is 0.452 e. The van der Waals surface area contributed by atoms with Gasteiger partial charge >= 0.3 is 6.18 Å². The first-order valence-corrected chi connectivity index (χ1v) is 12.4. The first-order valence-electron chi connectivity index (χ1n) is 12.4. The summed E-state index contributed by atoms with van der Waals surface area (Å²) >= 11 is 0. The van der Waals surface area contributed by atoms with Crippen LogP contribution < -0.4 is 10.6 Å². The Kier molecular flexibility index (Phi) is 9.82. The summed E-state index contributed by atoms with van der Waals surface area (Å²) in [6, 6.07) is 24.8. The Morgan fingerprint density at radius 2 is 1.21 bits per heavy atom. The molecule has 0 radical (unpaired) electrons. The lowest BCUT2D eigenvalue weighted by atomic mass is 9.88. The van der Waals surface area contributed by atoms with Crippen LogP contribution in [0.5, 0.6) is 0 Å². The van der Waals surface area contributed by atoms with Gasteiger partial charge in [-0.1, -0.05) is 105 Å². The Labute approximate surface area is 220 Å². The van der Waals surface area contributed by atoms with E-state index in [0.29, 0.717) is 5.56 Å². The summed E-state index contributed by atoms with van der Waals surface area (Å²) in [6.45, 7) is 2.84. The number of hydrogen-bond donors (Lipinski definition) is 2. The van der Waals surface area contributed by atoms with E-state index in [4.69, 9.17) is 0 Å². The van der Waals surface area contributed by atoms with Crippen LogP contribution in [0.25, 0.3) is 0 Å². The van der Waals surface area contributed by atoms with Crippen LogP contribution in [0.2, 0.25) is 0 Å². The van der Waals surface area contributed by atoms with E-state index in [2.05, 4.69) is 10.6 Å². The minimum Gasteiger partial charge on any atom is -0.344 e.